The minimum Gasteiger partial charge on any atom is -0.495 e. The van der Waals surface area contributed by atoms with Crippen LogP contribution in [0.2, 0.25) is 0 Å². The fourth-order valence-electron chi connectivity index (χ4n) is 3.01. The number of piperazine rings is 1. The van der Waals surface area contributed by atoms with Gasteiger partial charge in [-0.15, -0.1) is 0 Å². The molecule has 0 spiro atoms. The van der Waals surface area contributed by atoms with Crippen molar-refractivity contribution in [3.05, 3.63) is 41.7 Å². The van der Waals surface area contributed by atoms with Crippen LogP contribution in [0.1, 0.15) is 23.0 Å². The lowest BCUT2D eigenvalue weighted by Crippen LogP contribution is -2.48. The number of hydrogen-bond acceptors (Lipinski definition) is 6. The van der Waals surface area contributed by atoms with E-state index in [0.717, 1.165) is 44.0 Å². The maximum Gasteiger partial charge on any atom is 0.272 e. The summed E-state index contributed by atoms with van der Waals surface area (Å²) in [5.74, 6) is 1.03. The molecule has 1 amide bonds. The Labute approximate surface area is 154 Å². The largest absolute Gasteiger partial charge is 0.495 e. The number of aryl methyl sites for hydroxylation is 1. The minimum absolute atomic E-state index is 0.0533. The first-order valence-corrected chi connectivity index (χ1v) is 8.87. The molecule has 1 fully saturated rings. The molecule has 0 unspecified atom stereocenters. The van der Waals surface area contributed by atoms with Crippen molar-refractivity contribution < 1.29 is 9.53 Å². The molecule has 1 aromatic heterocycles. The van der Waals surface area contributed by atoms with Gasteiger partial charge in [-0.05, 0) is 37.2 Å². The predicted molar refractivity (Wildman–Crippen MR) is 101 cm³/mol. The zero-order valence-corrected chi connectivity index (χ0v) is 15.5. The van der Waals surface area contributed by atoms with Gasteiger partial charge in [0, 0.05) is 32.4 Å². The van der Waals surface area contributed by atoms with Gasteiger partial charge in [0.1, 0.15) is 11.4 Å². The number of nitrogens with zero attached hydrogens (tertiary/aromatic N) is 4. The zero-order valence-electron chi connectivity index (χ0n) is 15.5. The molecule has 3 rings (SSSR count). The normalized spacial score (nSPS) is 15.0. The predicted octanol–water partition coefficient (Wildman–Crippen LogP) is 2.31. The molecule has 1 aliphatic rings. The van der Waals surface area contributed by atoms with Crippen molar-refractivity contribution in [1.29, 1.82) is 0 Å². The van der Waals surface area contributed by atoms with Crippen LogP contribution >= 0.6 is 0 Å². The molecule has 26 heavy (non-hydrogen) atoms. The topological polar surface area (TPSA) is 70.6 Å². The molecule has 2 aromatic rings. The van der Waals surface area contributed by atoms with E-state index in [-0.39, 0.29) is 5.91 Å². The molecule has 0 saturated carbocycles. The van der Waals surface area contributed by atoms with E-state index < -0.39 is 0 Å². The average molecular weight is 355 g/mol. The maximum atomic E-state index is 12.7. The summed E-state index contributed by atoms with van der Waals surface area (Å²) in [5.41, 5.74) is 2.27. The molecule has 0 radical (unpaired) electrons. The zero-order chi connectivity index (χ0) is 18.5. The van der Waals surface area contributed by atoms with Gasteiger partial charge in [0.05, 0.1) is 12.8 Å². The first-order chi connectivity index (χ1) is 12.6. The molecule has 1 saturated heterocycles. The Morgan fingerprint density at radius 2 is 2.00 bits per heavy atom. The van der Waals surface area contributed by atoms with Gasteiger partial charge >= 0.3 is 0 Å². The fraction of sp³-hybridized carbons (Fsp3) is 0.421. The van der Waals surface area contributed by atoms with Crippen molar-refractivity contribution in [2.24, 2.45) is 0 Å². The third-order valence-corrected chi connectivity index (χ3v) is 4.58. The Balaban J connectivity index is 1.74. The number of methoxy groups -OCH3 is 1. The number of benzene rings is 1. The number of likely N-dealkylation sites (N-methyl/N-ethyl adjacent to an activating group) is 1. The number of anilines is 2. The number of aromatic nitrogens is 2. The summed E-state index contributed by atoms with van der Waals surface area (Å²) in [6.07, 6.45) is 1.60. The van der Waals surface area contributed by atoms with Crippen LogP contribution in [0.15, 0.2) is 30.5 Å². The minimum atomic E-state index is -0.0533. The molecule has 1 N–H and O–H groups in total. The number of amides is 1. The molecule has 0 atom stereocenters. The second-order valence-electron chi connectivity index (χ2n) is 6.32. The van der Waals surface area contributed by atoms with Gasteiger partial charge in [-0.2, -0.15) is 0 Å². The van der Waals surface area contributed by atoms with Crippen LogP contribution in [0.5, 0.6) is 5.75 Å². The molecule has 138 valence electrons. The van der Waals surface area contributed by atoms with E-state index in [0.29, 0.717) is 17.4 Å². The standard InChI is InChI=1S/C19H25N5O2/c1-4-23-9-11-24(12-10-23)18(25)15-7-8-20-19(21-15)22-16-13-14(2)5-6-17(16)26-3/h5-8,13H,4,9-12H2,1-3H3,(H,20,21,22). The molecule has 0 bridgehead atoms. The van der Waals surface area contributed by atoms with Crippen LogP contribution in [-0.2, 0) is 0 Å². The Bertz CT molecular complexity index is 772. The summed E-state index contributed by atoms with van der Waals surface area (Å²) in [6.45, 7) is 8.41. The number of ether oxygens (including phenoxy) is 1. The Morgan fingerprint density at radius 1 is 1.23 bits per heavy atom. The monoisotopic (exact) mass is 355 g/mol. The Hall–Kier alpha value is -2.67. The smallest absolute Gasteiger partial charge is 0.272 e. The number of hydrogen-bond donors (Lipinski definition) is 1. The molecule has 7 heteroatoms. The summed E-state index contributed by atoms with van der Waals surface area (Å²) in [4.78, 5) is 25.6. The Kier molecular flexibility index (Phi) is 5.68. The van der Waals surface area contributed by atoms with Gasteiger partial charge in [-0.3, -0.25) is 4.79 Å². The lowest BCUT2D eigenvalue weighted by atomic mass is 10.2. The highest BCUT2D eigenvalue weighted by Crippen LogP contribution is 2.27. The second kappa shape index (κ2) is 8.14. The maximum absolute atomic E-state index is 12.7. The summed E-state index contributed by atoms with van der Waals surface area (Å²) in [6, 6.07) is 7.48. The van der Waals surface area contributed by atoms with E-state index in [1.807, 2.05) is 30.0 Å². The summed E-state index contributed by atoms with van der Waals surface area (Å²) in [7, 11) is 1.62. The van der Waals surface area contributed by atoms with Gasteiger partial charge in [0.2, 0.25) is 5.95 Å². The van der Waals surface area contributed by atoms with Crippen molar-refractivity contribution >= 4 is 17.5 Å². The van der Waals surface area contributed by atoms with E-state index >= 15 is 0 Å². The van der Waals surface area contributed by atoms with Crippen molar-refractivity contribution in [2.45, 2.75) is 13.8 Å². The SMILES string of the molecule is CCN1CCN(C(=O)c2ccnc(Nc3cc(C)ccc3OC)n2)CC1. The van der Waals surface area contributed by atoms with E-state index in [9.17, 15) is 4.79 Å². The van der Waals surface area contributed by atoms with Gasteiger partial charge in [0.25, 0.3) is 5.91 Å². The van der Waals surface area contributed by atoms with Crippen molar-refractivity contribution in [2.75, 3.05) is 45.2 Å². The quantitative estimate of drug-likeness (QED) is 0.888. The number of carbonyl (C=O) groups excluding carboxylic acids is 1. The van der Waals surface area contributed by atoms with Crippen molar-refractivity contribution in [3.63, 3.8) is 0 Å². The fourth-order valence-corrected chi connectivity index (χ4v) is 3.01. The molecular formula is C19H25N5O2. The lowest BCUT2D eigenvalue weighted by molar-refractivity contribution is 0.0637. The van der Waals surface area contributed by atoms with Crippen LogP contribution in [-0.4, -0.2) is 65.5 Å². The van der Waals surface area contributed by atoms with E-state index in [2.05, 4.69) is 27.1 Å². The first-order valence-electron chi connectivity index (χ1n) is 8.87. The van der Waals surface area contributed by atoms with Crippen LogP contribution in [0.4, 0.5) is 11.6 Å². The highest BCUT2D eigenvalue weighted by atomic mass is 16.5. The number of nitrogens with one attached hydrogen (secondary N) is 1. The highest BCUT2D eigenvalue weighted by molar-refractivity contribution is 5.92. The second-order valence-corrected chi connectivity index (χ2v) is 6.32. The summed E-state index contributed by atoms with van der Waals surface area (Å²) >= 11 is 0. The number of rotatable bonds is 5. The van der Waals surface area contributed by atoms with Gasteiger partial charge in [-0.25, -0.2) is 9.97 Å². The van der Waals surface area contributed by atoms with Crippen LogP contribution < -0.4 is 10.1 Å². The summed E-state index contributed by atoms with van der Waals surface area (Å²) < 4.78 is 5.37. The van der Waals surface area contributed by atoms with Gasteiger partial charge in [-0.1, -0.05) is 13.0 Å². The molecule has 1 aromatic carbocycles. The third-order valence-electron chi connectivity index (χ3n) is 4.58. The van der Waals surface area contributed by atoms with E-state index in [1.54, 1.807) is 19.4 Å². The van der Waals surface area contributed by atoms with Crippen molar-refractivity contribution in [1.82, 2.24) is 19.8 Å². The molecular weight excluding hydrogens is 330 g/mol. The number of carbonyl (C=O) groups is 1. The van der Waals surface area contributed by atoms with Crippen LogP contribution in [0.25, 0.3) is 0 Å². The lowest BCUT2D eigenvalue weighted by Gasteiger charge is -2.33. The molecule has 1 aliphatic heterocycles. The molecule has 7 nitrogen and oxygen atoms in total. The van der Waals surface area contributed by atoms with Crippen LogP contribution in [0, 0.1) is 6.92 Å². The van der Waals surface area contributed by atoms with Gasteiger partial charge in [0.15, 0.2) is 0 Å². The summed E-state index contributed by atoms with van der Waals surface area (Å²) in [5, 5.41) is 3.15. The Morgan fingerprint density at radius 3 is 2.69 bits per heavy atom. The van der Waals surface area contributed by atoms with Gasteiger partial charge < -0.3 is 19.9 Å². The molecule has 0 aliphatic carbocycles. The highest BCUT2D eigenvalue weighted by Gasteiger charge is 2.22. The van der Waals surface area contributed by atoms with Crippen LogP contribution in [0.3, 0.4) is 0 Å². The van der Waals surface area contributed by atoms with Crippen molar-refractivity contribution in [3.8, 4) is 5.75 Å². The first kappa shape index (κ1) is 18.1. The average Bonchev–Trinajstić information content (AvgIpc) is 2.68. The molecule has 2 heterocycles. The third kappa shape index (κ3) is 4.11. The van der Waals surface area contributed by atoms with E-state index in [4.69, 9.17) is 4.74 Å². The van der Waals surface area contributed by atoms with E-state index in [1.165, 1.54) is 0 Å².